The molecule has 0 spiro atoms. The Hall–Kier alpha value is -0.740. The zero-order valence-corrected chi connectivity index (χ0v) is 10.3. The topological polar surface area (TPSA) is 29.3 Å². The van der Waals surface area contributed by atoms with Crippen molar-refractivity contribution in [2.75, 3.05) is 23.5 Å². The van der Waals surface area contributed by atoms with Crippen LogP contribution in [0.4, 0.5) is 10.1 Å². The van der Waals surface area contributed by atoms with Crippen molar-refractivity contribution in [3.05, 3.63) is 29.6 Å². The number of halogens is 1. The summed E-state index contributed by atoms with van der Waals surface area (Å²) < 4.78 is 13.8. The highest BCUT2D eigenvalue weighted by molar-refractivity contribution is 7.99. The molecule has 1 atom stereocenters. The lowest BCUT2D eigenvalue weighted by Gasteiger charge is -2.26. The van der Waals surface area contributed by atoms with Crippen LogP contribution in [0.1, 0.15) is 12.0 Å². The molecule has 0 radical (unpaired) electrons. The van der Waals surface area contributed by atoms with Crippen LogP contribution in [0.2, 0.25) is 0 Å². The van der Waals surface area contributed by atoms with E-state index in [0.717, 1.165) is 17.7 Å². The standard InChI is InChI=1S/C12H17FN2S/c1-15(10-4-5-16-8-10)12-3-2-9(7-14)6-11(12)13/h2-3,6,10H,4-5,7-8,14H2,1H3. The van der Waals surface area contributed by atoms with Crippen molar-refractivity contribution in [3.63, 3.8) is 0 Å². The number of hydrogen-bond acceptors (Lipinski definition) is 3. The SMILES string of the molecule is CN(c1ccc(CN)cc1F)C1CCSC1. The molecule has 1 fully saturated rings. The number of nitrogens with two attached hydrogens (primary N) is 1. The van der Waals surface area contributed by atoms with Gasteiger partial charge in [0.1, 0.15) is 5.82 Å². The van der Waals surface area contributed by atoms with Gasteiger partial charge in [0.2, 0.25) is 0 Å². The molecule has 1 aromatic rings. The molecule has 2 N–H and O–H groups in total. The maximum atomic E-state index is 13.8. The zero-order chi connectivity index (χ0) is 11.5. The second kappa shape index (κ2) is 5.06. The largest absolute Gasteiger partial charge is 0.368 e. The molecule has 4 heteroatoms. The summed E-state index contributed by atoms with van der Waals surface area (Å²) >= 11 is 1.93. The molecule has 0 aromatic heterocycles. The summed E-state index contributed by atoms with van der Waals surface area (Å²) in [6.07, 6.45) is 1.14. The van der Waals surface area contributed by atoms with Crippen LogP contribution in [0.25, 0.3) is 0 Å². The Morgan fingerprint density at radius 1 is 1.56 bits per heavy atom. The van der Waals surface area contributed by atoms with E-state index >= 15 is 0 Å². The van der Waals surface area contributed by atoms with Crippen LogP contribution in [0.3, 0.4) is 0 Å². The van der Waals surface area contributed by atoms with E-state index < -0.39 is 0 Å². The van der Waals surface area contributed by atoms with Crippen molar-refractivity contribution in [2.24, 2.45) is 5.73 Å². The van der Waals surface area contributed by atoms with E-state index in [9.17, 15) is 4.39 Å². The van der Waals surface area contributed by atoms with E-state index in [0.29, 0.717) is 18.3 Å². The fourth-order valence-corrected chi connectivity index (χ4v) is 3.26. The molecule has 88 valence electrons. The Bertz CT molecular complexity index is 364. The highest BCUT2D eigenvalue weighted by atomic mass is 32.2. The minimum atomic E-state index is -0.164. The highest BCUT2D eigenvalue weighted by Crippen LogP contribution is 2.27. The quantitative estimate of drug-likeness (QED) is 0.878. The van der Waals surface area contributed by atoms with E-state index in [1.807, 2.05) is 30.9 Å². The van der Waals surface area contributed by atoms with Gasteiger partial charge in [-0.2, -0.15) is 11.8 Å². The van der Waals surface area contributed by atoms with Crippen LogP contribution >= 0.6 is 11.8 Å². The fourth-order valence-electron chi connectivity index (χ4n) is 1.99. The van der Waals surface area contributed by atoms with Crippen molar-refractivity contribution in [3.8, 4) is 0 Å². The summed E-state index contributed by atoms with van der Waals surface area (Å²) in [5.41, 5.74) is 7.01. The van der Waals surface area contributed by atoms with Gasteiger partial charge in [-0.15, -0.1) is 0 Å². The van der Waals surface area contributed by atoms with E-state index in [2.05, 4.69) is 4.90 Å². The summed E-state index contributed by atoms with van der Waals surface area (Å²) in [6.45, 7) is 0.389. The van der Waals surface area contributed by atoms with Crippen LogP contribution in [0.5, 0.6) is 0 Å². The van der Waals surface area contributed by atoms with Crippen LogP contribution < -0.4 is 10.6 Å². The second-order valence-corrected chi connectivity index (χ2v) is 5.27. The third kappa shape index (κ3) is 2.33. The van der Waals surface area contributed by atoms with Gasteiger partial charge in [-0.3, -0.25) is 0 Å². The van der Waals surface area contributed by atoms with Crippen molar-refractivity contribution in [1.82, 2.24) is 0 Å². The number of nitrogens with zero attached hydrogens (tertiary/aromatic N) is 1. The molecule has 0 saturated carbocycles. The molecule has 1 unspecified atom stereocenters. The summed E-state index contributed by atoms with van der Waals surface area (Å²) in [5, 5.41) is 0. The van der Waals surface area contributed by atoms with Crippen molar-refractivity contribution >= 4 is 17.4 Å². The number of benzene rings is 1. The molecule has 1 aliphatic rings. The third-order valence-corrected chi connectivity index (χ3v) is 4.23. The Labute approximate surface area is 100 Å². The van der Waals surface area contributed by atoms with Gasteiger partial charge < -0.3 is 10.6 Å². The van der Waals surface area contributed by atoms with Gasteiger partial charge in [0.15, 0.2) is 0 Å². The average Bonchev–Trinajstić information content (AvgIpc) is 2.81. The molecule has 0 amide bonds. The maximum Gasteiger partial charge on any atom is 0.146 e. The van der Waals surface area contributed by atoms with E-state index in [1.54, 1.807) is 0 Å². The summed E-state index contributed by atoms with van der Waals surface area (Å²) in [4.78, 5) is 2.05. The van der Waals surface area contributed by atoms with Crippen molar-refractivity contribution in [1.29, 1.82) is 0 Å². The summed E-state index contributed by atoms with van der Waals surface area (Å²) in [6, 6.07) is 5.73. The van der Waals surface area contributed by atoms with Gasteiger partial charge >= 0.3 is 0 Å². The molecule has 0 aliphatic carbocycles. The van der Waals surface area contributed by atoms with E-state index in [-0.39, 0.29) is 5.82 Å². The third-order valence-electron chi connectivity index (χ3n) is 3.08. The normalized spacial score (nSPS) is 20.1. The maximum absolute atomic E-state index is 13.8. The van der Waals surface area contributed by atoms with Gasteiger partial charge in [0.05, 0.1) is 5.69 Å². The van der Waals surface area contributed by atoms with Crippen LogP contribution in [0.15, 0.2) is 18.2 Å². The van der Waals surface area contributed by atoms with E-state index in [1.165, 1.54) is 11.8 Å². The number of hydrogen-bond donors (Lipinski definition) is 1. The molecular weight excluding hydrogens is 223 g/mol. The first-order chi connectivity index (χ1) is 7.72. The molecule has 1 aromatic carbocycles. The smallest absolute Gasteiger partial charge is 0.146 e. The Morgan fingerprint density at radius 2 is 2.38 bits per heavy atom. The molecule has 1 heterocycles. The Kier molecular flexibility index (Phi) is 3.71. The van der Waals surface area contributed by atoms with Gasteiger partial charge in [-0.05, 0) is 29.9 Å². The average molecular weight is 240 g/mol. The lowest BCUT2D eigenvalue weighted by molar-refractivity contribution is 0.605. The Balaban J connectivity index is 2.19. The molecule has 1 aliphatic heterocycles. The molecule has 0 bridgehead atoms. The first-order valence-electron chi connectivity index (χ1n) is 5.51. The van der Waals surface area contributed by atoms with Gasteiger partial charge in [0, 0.05) is 25.4 Å². The summed E-state index contributed by atoms with van der Waals surface area (Å²) in [7, 11) is 1.97. The van der Waals surface area contributed by atoms with Crippen molar-refractivity contribution < 1.29 is 4.39 Å². The van der Waals surface area contributed by atoms with Crippen LogP contribution in [0, 0.1) is 5.82 Å². The number of anilines is 1. The lowest BCUT2D eigenvalue weighted by Crippen LogP contribution is -2.31. The van der Waals surface area contributed by atoms with Gasteiger partial charge in [-0.25, -0.2) is 4.39 Å². The molecule has 2 nitrogen and oxygen atoms in total. The van der Waals surface area contributed by atoms with Gasteiger partial charge in [0.25, 0.3) is 0 Å². The minimum absolute atomic E-state index is 0.164. The fraction of sp³-hybridized carbons (Fsp3) is 0.500. The Morgan fingerprint density at radius 3 is 2.94 bits per heavy atom. The van der Waals surface area contributed by atoms with Crippen LogP contribution in [-0.2, 0) is 6.54 Å². The molecular formula is C12H17FN2S. The second-order valence-electron chi connectivity index (χ2n) is 4.12. The predicted molar refractivity (Wildman–Crippen MR) is 68.4 cm³/mol. The minimum Gasteiger partial charge on any atom is -0.368 e. The predicted octanol–water partition coefficient (Wildman–Crippen LogP) is 2.23. The molecule has 1 saturated heterocycles. The molecule has 16 heavy (non-hydrogen) atoms. The first-order valence-corrected chi connectivity index (χ1v) is 6.67. The number of rotatable bonds is 3. The van der Waals surface area contributed by atoms with Gasteiger partial charge in [-0.1, -0.05) is 6.07 Å². The number of thioether (sulfide) groups is 1. The first kappa shape index (κ1) is 11.7. The van der Waals surface area contributed by atoms with Crippen LogP contribution in [-0.4, -0.2) is 24.6 Å². The summed E-state index contributed by atoms with van der Waals surface area (Å²) in [5.74, 6) is 2.11. The van der Waals surface area contributed by atoms with E-state index in [4.69, 9.17) is 5.73 Å². The lowest BCUT2D eigenvalue weighted by atomic mass is 10.1. The van der Waals surface area contributed by atoms with Crippen molar-refractivity contribution in [2.45, 2.75) is 19.0 Å². The highest BCUT2D eigenvalue weighted by Gasteiger charge is 2.22. The zero-order valence-electron chi connectivity index (χ0n) is 9.45. The monoisotopic (exact) mass is 240 g/mol. The molecule has 2 rings (SSSR count).